The van der Waals surface area contributed by atoms with Crippen molar-refractivity contribution in [1.82, 2.24) is 4.98 Å². The van der Waals surface area contributed by atoms with E-state index in [1.165, 1.54) is 7.11 Å². The molecule has 2 aromatic rings. The van der Waals surface area contributed by atoms with Crippen molar-refractivity contribution in [3.63, 3.8) is 0 Å². The van der Waals surface area contributed by atoms with E-state index < -0.39 is 11.6 Å². The van der Waals surface area contributed by atoms with E-state index in [-0.39, 0.29) is 0 Å². The number of ether oxygens (including phenoxy) is 1. The first-order valence-electron chi connectivity index (χ1n) is 5.55. The van der Waals surface area contributed by atoms with Crippen LogP contribution in [0.4, 0.5) is 0 Å². The first-order valence-corrected chi connectivity index (χ1v) is 5.55. The van der Waals surface area contributed by atoms with Gasteiger partial charge in [-0.15, -0.1) is 0 Å². The average Bonchev–Trinajstić information content (AvgIpc) is 2.70. The number of fused-ring (bicyclic) bond motifs is 3. The molecule has 18 heavy (non-hydrogen) atoms. The lowest BCUT2D eigenvalue weighted by molar-refractivity contribution is -0.158. The lowest BCUT2D eigenvalue weighted by atomic mass is 9.92. The van der Waals surface area contributed by atoms with Crippen molar-refractivity contribution < 1.29 is 14.6 Å². The molecule has 0 saturated heterocycles. The van der Waals surface area contributed by atoms with Gasteiger partial charge in [0.25, 0.3) is 0 Å². The maximum atomic E-state index is 12.0. The Hall–Kier alpha value is -2.20. The first kappa shape index (κ1) is 10.9. The molecule has 4 nitrogen and oxygen atoms in total. The van der Waals surface area contributed by atoms with E-state index in [2.05, 4.69) is 4.98 Å². The van der Waals surface area contributed by atoms with Crippen LogP contribution < -0.4 is 0 Å². The summed E-state index contributed by atoms with van der Waals surface area (Å²) in [5.74, 6) is -0.693. The highest BCUT2D eigenvalue weighted by atomic mass is 16.5. The first-order chi connectivity index (χ1) is 8.69. The molecule has 0 aliphatic heterocycles. The van der Waals surface area contributed by atoms with Crippen LogP contribution in [-0.2, 0) is 15.1 Å². The molecule has 1 unspecified atom stereocenters. The molecule has 1 aromatic carbocycles. The molecule has 0 spiro atoms. The fourth-order valence-corrected chi connectivity index (χ4v) is 2.43. The molecular formula is C14H11NO3. The lowest BCUT2D eigenvalue weighted by Gasteiger charge is -2.21. The minimum Gasteiger partial charge on any atom is -0.466 e. The van der Waals surface area contributed by atoms with E-state index in [1.807, 2.05) is 12.1 Å². The molecule has 1 N–H and O–H groups in total. The van der Waals surface area contributed by atoms with Gasteiger partial charge >= 0.3 is 5.97 Å². The van der Waals surface area contributed by atoms with Crippen molar-refractivity contribution in [3.05, 3.63) is 53.7 Å². The number of carbonyl (C=O) groups excluding carboxylic acids is 1. The van der Waals surface area contributed by atoms with Gasteiger partial charge in [-0.2, -0.15) is 0 Å². The lowest BCUT2D eigenvalue weighted by Crippen LogP contribution is -2.36. The highest BCUT2D eigenvalue weighted by Gasteiger charge is 2.49. The Morgan fingerprint density at radius 2 is 1.94 bits per heavy atom. The van der Waals surface area contributed by atoms with Gasteiger partial charge in [-0.05, 0) is 6.07 Å². The zero-order valence-electron chi connectivity index (χ0n) is 9.75. The van der Waals surface area contributed by atoms with E-state index >= 15 is 0 Å². The number of nitrogens with zero attached hydrogens (tertiary/aromatic N) is 1. The van der Waals surface area contributed by atoms with E-state index in [4.69, 9.17) is 4.74 Å². The summed E-state index contributed by atoms with van der Waals surface area (Å²) in [6.45, 7) is 0. The highest BCUT2D eigenvalue weighted by molar-refractivity contribution is 5.94. The summed E-state index contributed by atoms with van der Waals surface area (Å²) in [6, 6.07) is 10.6. The number of carbonyl (C=O) groups is 1. The van der Waals surface area contributed by atoms with Crippen LogP contribution in [0, 0.1) is 0 Å². The van der Waals surface area contributed by atoms with Crippen LogP contribution in [-0.4, -0.2) is 23.2 Å². The predicted molar refractivity (Wildman–Crippen MR) is 64.7 cm³/mol. The maximum Gasteiger partial charge on any atom is 0.347 e. The quantitative estimate of drug-likeness (QED) is 0.768. The zero-order chi connectivity index (χ0) is 12.8. The fraction of sp³-hybridized carbons (Fsp3) is 0.143. The highest BCUT2D eigenvalue weighted by Crippen LogP contribution is 2.46. The molecule has 1 aromatic heterocycles. The number of aromatic nitrogens is 1. The molecule has 4 heteroatoms. The topological polar surface area (TPSA) is 59.4 Å². The van der Waals surface area contributed by atoms with Crippen LogP contribution in [0.3, 0.4) is 0 Å². The molecule has 0 amide bonds. The molecule has 0 fully saturated rings. The maximum absolute atomic E-state index is 12.0. The van der Waals surface area contributed by atoms with Gasteiger partial charge in [0.1, 0.15) is 0 Å². The zero-order valence-corrected chi connectivity index (χ0v) is 9.75. The summed E-state index contributed by atoms with van der Waals surface area (Å²) < 4.78 is 4.73. The Balaban J connectivity index is 2.37. The average molecular weight is 241 g/mol. The Labute approximate surface area is 104 Å². The summed E-state index contributed by atoms with van der Waals surface area (Å²) in [5.41, 5.74) is 0.625. The number of pyridine rings is 1. The summed E-state index contributed by atoms with van der Waals surface area (Å²) in [7, 11) is 1.26. The molecule has 1 heterocycles. The molecule has 1 atom stereocenters. The van der Waals surface area contributed by atoms with E-state index in [9.17, 15) is 9.90 Å². The van der Waals surface area contributed by atoms with Crippen molar-refractivity contribution in [2.24, 2.45) is 0 Å². The van der Waals surface area contributed by atoms with Crippen LogP contribution in [0.5, 0.6) is 0 Å². The Kier molecular flexibility index (Phi) is 2.21. The van der Waals surface area contributed by atoms with Gasteiger partial charge in [0, 0.05) is 22.9 Å². The number of esters is 1. The van der Waals surface area contributed by atoms with E-state index in [0.717, 1.165) is 5.56 Å². The monoisotopic (exact) mass is 241 g/mol. The van der Waals surface area contributed by atoms with E-state index in [1.54, 1.807) is 30.5 Å². The minimum absolute atomic E-state index is 0.470. The van der Waals surface area contributed by atoms with Gasteiger partial charge in [-0.1, -0.05) is 30.3 Å². The van der Waals surface area contributed by atoms with Gasteiger partial charge in [0.15, 0.2) is 0 Å². The van der Waals surface area contributed by atoms with Crippen LogP contribution in [0.15, 0.2) is 42.6 Å². The molecule has 3 rings (SSSR count). The molecule has 0 radical (unpaired) electrons. The van der Waals surface area contributed by atoms with Crippen LogP contribution >= 0.6 is 0 Å². The van der Waals surface area contributed by atoms with Gasteiger partial charge in [-0.3, -0.25) is 4.98 Å². The second-order valence-electron chi connectivity index (χ2n) is 4.15. The predicted octanol–water partition coefficient (Wildman–Crippen LogP) is 1.47. The molecule has 1 aliphatic carbocycles. The second-order valence-corrected chi connectivity index (χ2v) is 4.15. The third-order valence-electron chi connectivity index (χ3n) is 3.25. The van der Waals surface area contributed by atoms with Crippen molar-refractivity contribution in [2.45, 2.75) is 5.60 Å². The Bertz CT molecular complexity index is 591. The van der Waals surface area contributed by atoms with Gasteiger partial charge in [0.05, 0.1) is 12.8 Å². The molecule has 0 bridgehead atoms. The van der Waals surface area contributed by atoms with Gasteiger partial charge in [0.2, 0.25) is 5.60 Å². The second kappa shape index (κ2) is 3.65. The van der Waals surface area contributed by atoms with Crippen molar-refractivity contribution in [3.8, 4) is 11.3 Å². The number of hydrogen-bond acceptors (Lipinski definition) is 4. The summed E-state index contributed by atoms with van der Waals surface area (Å²) in [5, 5.41) is 10.7. The van der Waals surface area contributed by atoms with Crippen molar-refractivity contribution in [1.29, 1.82) is 0 Å². The van der Waals surface area contributed by atoms with Gasteiger partial charge < -0.3 is 9.84 Å². The smallest absolute Gasteiger partial charge is 0.347 e. The Morgan fingerprint density at radius 3 is 2.72 bits per heavy atom. The minimum atomic E-state index is -1.76. The SMILES string of the molecule is COC(=O)C1(O)c2ccccc2-c2ncccc21. The Morgan fingerprint density at radius 1 is 1.22 bits per heavy atom. The molecule has 90 valence electrons. The largest absolute Gasteiger partial charge is 0.466 e. The third-order valence-corrected chi connectivity index (χ3v) is 3.25. The summed E-state index contributed by atoms with van der Waals surface area (Å²) in [4.78, 5) is 16.2. The van der Waals surface area contributed by atoms with Gasteiger partial charge in [-0.25, -0.2) is 4.79 Å². The van der Waals surface area contributed by atoms with Crippen LogP contribution in [0.2, 0.25) is 0 Å². The normalized spacial score (nSPS) is 20.1. The number of hydrogen-bond donors (Lipinski definition) is 1. The fourth-order valence-electron chi connectivity index (χ4n) is 2.43. The number of aliphatic hydroxyl groups is 1. The van der Waals surface area contributed by atoms with Crippen molar-refractivity contribution in [2.75, 3.05) is 7.11 Å². The summed E-state index contributed by atoms with van der Waals surface area (Å²) >= 11 is 0. The van der Waals surface area contributed by atoms with Crippen molar-refractivity contribution >= 4 is 5.97 Å². The van der Waals surface area contributed by atoms with Crippen LogP contribution in [0.25, 0.3) is 11.3 Å². The standard InChI is InChI=1S/C14H11NO3/c1-18-13(16)14(17)10-6-3-2-5-9(10)12-11(14)7-4-8-15-12/h2-8,17H,1H3. The summed E-state index contributed by atoms with van der Waals surface area (Å²) in [6.07, 6.45) is 1.64. The third kappa shape index (κ3) is 1.18. The number of rotatable bonds is 1. The number of methoxy groups -OCH3 is 1. The number of benzene rings is 1. The molecule has 0 saturated carbocycles. The molecule has 1 aliphatic rings. The van der Waals surface area contributed by atoms with Crippen LogP contribution in [0.1, 0.15) is 11.1 Å². The van der Waals surface area contributed by atoms with E-state index in [0.29, 0.717) is 16.8 Å². The molecular weight excluding hydrogens is 230 g/mol.